The normalized spacial score (nSPS) is 11.0. The second kappa shape index (κ2) is 10.1. The van der Waals surface area contributed by atoms with Crippen LogP contribution in [0.4, 0.5) is 11.4 Å². The van der Waals surface area contributed by atoms with Gasteiger partial charge in [0, 0.05) is 24.7 Å². The minimum Gasteiger partial charge on any atom is -0.489 e. The third-order valence-electron chi connectivity index (χ3n) is 4.43. The van der Waals surface area contributed by atoms with Crippen LogP contribution < -0.4 is 14.4 Å². The van der Waals surface area contributed by atoms with Crippen LogP contribution in [0.3, 0.4) is 0 Å². The molecule has 29 heavy (non-hydrogen) atoms. The molecule has 0 aliphatic rings. The molecule has 0 fully saturated rings. The van der Waals surface area contributed by atoms with E-state index in [0.717, 1.165) is 11.1 Å². The van der Waals surface area contributed by atoms with E-state index < -0.39 is 10.0 Å². The van der Waals surface area contributed by atoms with Gasteiger partial charge in [0.2, 0.25) is 15.9 Å². The Morgan fingerprint density at radius 3 is 2.59 bits per heavy atom. The number of rotatable bonds is 10. The average Bonchev–Trinajstić information content (AvgIpc) is 2.65. The number of sulfonamides is 1. The monoisotopic (exact) mass is 416 g/mol. The molecule has 1 amide bonds. The van der Waals surface area contributed by atoms with Crippen LogP contribution in [0.15, 0.2) is 55.1 Å². The number of ether oxygens (including phenoxy) is 1. The van der Waals surface area contributed by atoms with E-state index >= 15 is 0 Å². The van der Waals surface area contributed by atoms with Crippen molar-refractivity contribution in [1.82, 2.24) is 0 Å². The zero-order valence-corrected chi connectivity index (χ0v) is 18.0. The van der Waals surface area contributed by atoms with Crippen molar-refractivity contribution in [3.8, 4) is 5.75 Å². The summed E-state index contributed by atoms with van der Waals surface area (Å²) in [5.74, 6) is 0.458. The Morgan fingerprint density at radius 2 is 1.93 bits per heavy atom. The molecule has 0 radical (unpaired) electrons. The molecule has 0 saturated carbocycles. The molecule has 0 saturated heterocycles. The molecule has 0 aliphatic carbocycles. The van der Waals surface area contributed by atoms with Crippen molar-refractivity contribution in [3.05, 3.63) is 66.2 Å². The molecule has 2 aromatic rings. The van der Waals surface area contributed by atoms with E-state index in [-0.39, 0.29) is 18.9 Å². The number of benzene rings is 2. The first-order valence-corrected chi connectivity index (χ1v) is 11.2. The number of carbonyl (C=O) groups excluding carboxylic acids is 1. The highest BCUT2D eigenvalue weighted by molar-refractivity contribution is 7.92. The fourth-order valence-electron chi connectivity index (χ4n) is 2.79. The number of aryl methyl sites for hydroxylation is 2. The van der Waals surface area contributed by atoms with Crippen molar-refractivity contribution >= 4 is 27.3 Å². The summed E-state index contributed by atoms with van der Waals surface area (Å²) in [5.41, 5.74) is 3.36. The summed E-state index contributed by atoms with van der Waals surface area (Å²) in [4.78, 5) is 12.3. The van der Waals surface area contributed by atoms with E-state index in [9.17, 15) is 13.2 Å². The van der Waals surface area contributed by atoms with Gasteiger partial charge in [-0.2, -0.15) is 0 Å². The van der Waals surface area contributed by atoms with Crippen LogP contribution in [0.2, 0.25) is 0 Å². The summed E-state index contributed by atoms with van der Waals surface area (Å²) >= 11 is 0. The highest BCUT2D eigenvalue weighted by Gasteiger charge is 2.18. The number of hydrogen-bond acceptors (Lipinski definition) is 4. The largest absolute Gasteiger partial charge is 0.489 e. The zero-order valence-electron chi connectivity index (χ0n) is 17.1. The molecule has 0 aromatic heterocycles. The summed E-state index contributed by atoms with van der Waals surface area (Å²) in [7, 11) is -3.44. The van der Waals surface area contributed by atoms with Gasteiger partial charge in [-0.25, -0.2) is 8.42 Å². The number of carbonyl (C=O) groups is 1. The van der Waals surface area contributed by atoms with Gasteiger partial charge in [-0.15, -0.1) is 0 Å². The molecule has 0 atom stereocenters. The third kappa shape index (κ3) is 6.94. The first-order valence-electron chi connectivity index (χ1n) is 9.39. The molecular formula is C22H28N2O4S. The van der Waals surface area contributed by atoms with Crippen LogP contribution in [-0.2, 0) is 14.8 Å². The Balaban J connectivity index is 1.96. The minimum absolute atomic E-state index is 0.181. The molecule has 0 heterocycles. The summed E-state index contributed by atoms with van der Waals surface area (Å²) in [6.07, 6.45) is 3.43. The van der Waals surface area contributed by atoms with Crippen LogP contribution in [0, 0.1) is 13.8 Å². The molecule has 0 aliphatic heterocycles. The Kier molecular flexibility index (Phi) is 7.84. The summed E-state index contributed by atoms with van der Waals surface area (Å²) in [6, 6.07) is 12.6. The zero-order chi connectivity index (χ0) is 21.4. The van der Waals surface area contributed by atoms with Gasteiger partial charge in [-0.3, -0.25) is 9.10 Å². The fourth-order valence-corrected chi connectivity index (χ4v) is 3.75. The molecule has 6 nitrogen and oxygen atoms in total. The number of anilines is 2. The number of nitrogens with zero attached hydrogens (tertiary/aromatic N) is 1. The van der Waals surface area contributed by atoms with Gasteiger partial charge >= 0.3 is 0 Å². The Morgan fingerprint density at radius 1 is 1.17 bits per heavy atom. The van der Waals surface area contributed by atoms with E-state index in [2.05, 4.69) is 11.9 Å². The van der Waals surface area contributed by atoms with Crippen LogP contribution in [0.25, 0.3) is 0 Å². The quantitative estimate of drug-likeness (QED) is 0.593. The maximum absolute atomic E-state index is 12.3. The number of nitrogens with one attached hydrogen (secondary N) is 1. The second-order valence-electron chi connectivity index (χ2n) is 6.88. The van der Waals surface area contributed by atoms with Crippen molar-refractivity contribution in [2.75, 3.05) is 29.0 Å². The standard InChI is InChI=1S/C22H28N2O4S/c1-5-14-28-21-9-6-8-19(16-21)23-22(25)10-7-13-24(29(4,26)27)20-12-11-17(2)18(3)15-20/h5-6,8-9,11-12,15-16H,1,7,10,13-14H2,2-4H3,(H,23,25). The second-order valence-corrected chi connectivity index (χ2v) is 8.79. The Hall–Kier alpha value is -2.80. The van der Waals surface area contributed by atoms with Crippen molar-refractivity contribution in [2.45, 2.75) is 26.7 Å². The lowest BCUT2D eigenvalue weighted by Crippen LogP contribution is -2.31. The molecule has 2 rings (SSSR count). The average molecular weight is 417 g/mol. The highest BCUT2D eigenvalue weighted by Crippen LogP contribution is 2.22. The van der Waals surface area contributed by atoms with Crippen LogP contribution >= 0.6 is 0 Å². The van der Waals surface area contributed by atoms with Gasteiger partial charge in [0.1, 0.15) is 12.4 Å². The molecule has 7 heteroatoms. The molecule has 1 N–H and O–H groups in total. The maximum Gasteiger partial charge on any atom is 0.232 e. The summed E-state index contributed by atoms with van der Waals surface area (Å²) < 4.78 is 31.2. The van der Waals surface area contributed by atoms with Gasteiger partial charge in [0.25, 0.3) is 0 Å². The SMILES string of the molecule is C=CCOc1cccc(NC(=O)CCCN(c2ccc(C)c(C)c2)S(C)(=O)=O)c1. The molecular weight excluding hydrogens is 388 g/mol. The van der Waals surface area contributed by atoms with Crippen LogP contribution in [0.1, 0.15) is 24.0 Å². The Bertz CT molecular complexity index is 971. The summed E-state index contributed by atoms with van der Waals surface area (Å²) in [5, 5.41) is 2.81. The third-order valence-corrected chi connectivity index (χ3v) is 5.62. The van der Waals surface area contributed by atoms with Crippen molar-refractivity contribution in [2.24, 2.45) is 0 Å². The molecule has 156 valence electrons. The number of hydrogen-bond donors (Lipinski definition) is 1. The van der Waals surface area contributed by atoms with Crippen molar-refractivity contribution in [3.63, 3.8) is 0 Å². The van der Waals surface area contributed by atoms with E-state index in [1.165, 1.54) is 10.6 Å². The highest BCUT2D eigenvalue weighted by atomic mass is 32.2. The van der Waals surface area contributed by atoms with Gasteiger partial charge in [-0.05, 0) is 55.7 Å². The van der Waals surface area contributed by atoms with Gasteiger partial charge in [0.15, 0.2) is 0 Å². The minimum atomic E-state index is -3.44. The van der Waals surface area contributed by atoms with Crippen LogP contribution in [-0.4, -0.2) is 33.7 Å². The van der Waals surface area contributed by atoms with E-state index in [1.54, 1.807) is 36.4 Å². The van der Waals surface area contributed by atoms with Gasteiger partial charge < -0.3 is 10.1 Å². The maximum atomic E-state index is 12.3. The topological polar surface area (TPSA) is 75.7 Å². The van der Waals surface area contributed by atoms with Crippen LogP contribution in [0.5, 0.6) is 5.75 Å². The molecule has 0 unspecified atom stereocenters. The summed E-state index contributed by atoms with van der Waals surface area (Å²) in [6.45, 7) is 8.14. The van der Waals surface area contributed by atoms with Gasteiger partial charge in [0.05, 0.1) is 11.9 Å². The first kappa shape index (κ1) is 22.5. The van der Waals surface area contributed by atoms with Crippen molar-refractivity contribution in [1.29, 1.82) is 0 Å². The molecule has 0 spiro atoms. The molecule has 0 bridgehead atoms. The van der Waals surface area contributed by atoms with E-state index in [1.807, 2.05) is 26.0 Å². The van der Waals surface area contributed by atoms with E-state index in [4.69, 9.17) is 4.74 Å². The Labute approximate surface area is 173 Å². The van der Waals surface area contributed by atoms with E-state index in [0.29, 0.717) is 30.2 Å². The first-order chi connectivity index (χ1) is 13.7. The number of amides is 1. The fraction of sp³-hybridized carbons (Fsp3) is 0.318. The smallest absolute Gasteiger partial charge is 0.232 e. The lowest BCUT2D eigenvalue weighted by atomic mass is 10.1. The van der Waals surface area contributed by atoms with Crippen molar-refractivity contribution < 1.29 is 17.9 Å². The lowest BCUT2D eigenvalue weighted by Gasteiger charge is -2.23. The predicted molar refractivity (Wildman–Crippen MR) is 118 cm³/mol. The van der Waals surface area contributed by atoms with Gasteiger partial charge in [-0.1, -0.05) is 24.8 Å². The predicted octanol–water partition coefficient (Wildman–Crippen LogP) is 4.05. The lowest BCUT2D eigenvalue weighted by molar-refractivity contribution is -0.116. The molecule has 2 aromatic carbocycles.